The normalized spacial score (nSPS) is 19.3. The maximum absolute atomic E-state index is 14.0. The minimum atomic E-state index is -0.906. The molecule has 1 saturated heterocycles. The van der Waals surface area contributed by atoms with E-state index in [0.29, 0.717) is 25.1 Å². The molecular formula is C21H22F2N2O3. The number of rotatable bonds is 6. The summed E-state index contributed by atoms with van der Waals surface area (Å²) < 4.78 is 33.9. The molecule has 3 rings (SSSR count). The molecule has 2 aromatic rings. The summed E-state index contributed by atoms with van der Waals surface area (Å²) in [5.41, 5.74) is 4.15. The second kappa shape index (κ2) is 8.37. The van der Waals surface area contributed by atoms with Crippen molar-refractivity contribution in [3.8, 4) is 5.75 Å². The number of primary amides is 1. The first-order valence-corrected chi connectivity index (χ1v) is 9.10. The molecule has 0 bridgehead atoms. The monoisotopic (exact) mass is 388 g/mol. The largest absolute Gasteiger partial charge is 0.493 e. The third-order valence-corrected chi connectivity index (χ3v) is 4.96. The lowest BCUT2D eigenvalue weighted by atomic mass is 9.77. The Kier molecular flexibility index (Phi) is 5.92. The number of piperidine rings is 1. The van der Waals surface area contributed by atoms with Gasteiger partial charge >= 0.3 is 0 Å². The van der Waals surface area contributed by atoms with Gasteiger partial charge in [-0.25, -0.2) is 8.78 Å². The van der Waals surface area contributed by atoms with Crippen LogP contribution in [-0.2, 0) is 4.79 Å². The SMILES string of the molecule is NC(=O)CC1(COc2ccccc2)CCCN(C(=O)c2c(F)cccc2F)C1. The molecule has 1 heterocycles. The van der Waals surface area contributed by atoms with Crippen molar-refractivity contribution in [3.63, 3.8) is 0 Å². The summed E-state index contributed by atoms with van der Waals surface area (Å²) in [6.07, 6.45) is 1.21. The number of nitrogens with zero attached hydrogens (tertiary/aromatic N) is 1. The Balaban J connectivity index is 1.81. The molecule has 1 fully saturated rings. The fourth-order valence-electron chi connectivity index (χ4n) is 3.68. The van der Waals surface area contributed by atoms with E-state index in [-0.39, 0.29) is 19.6 Å². The number of hydrogen-bond donors (Lipinski definition) is 1. The fraction of sp³-hybridized carbons (Fsp3) is 0.333. The minimum Gasteiger partial charge on any atom is -0.493 e. The summed E-state index contributed by atoms with van der Waals surface area (Å²) in [6, 6.07) is 12.4. The van der Waals surface area contributed by atoms with Gasteiger partial charge in [0.2, 0.25) is 5.91 Å². The van der Waals surface area contributed by atoms with Gasteiger partial charge in [-0.2, -0.15) is 0 Å². The molecule has 2 N–H and O–H groups in total. The van der Waals surface area contributed by atoms with Crippen molar-refractivity contribution in [1.82, 2.24) is 4.90 Å². The Bertz CT molecular complexity index is 840. The number of hydrogen-bond acceptors (Lipinski definition) is 3. The van der Waals surface area contributed by atoms with Crippen molar-refractivity contribution < 1.29 is 23.1 Å². The predicted molar refractivity (Wildman–Crippen MR) is 99.7 cm³/mol. The van der Waals surface area contributed by atoms with E-state index in [9.17, 15) is 18.4 Å². The number of amides is 2. The molecule has 7 heteroatoms. The smallest absolute Gasteiger partial charge is 0.259 e. The van der Waals surface area contributed by atoms with Crippen LogP contribution in [0.4, 0.5) is 8.78 Å². The van der Waals surface area contributed by atoms with Crippen LogP contribution in [0.3, 0.4) is 0 Å². The van der Waals surface area contributed by atoms with E-state index in [2.05, 4.69) is 0 Å². The van der Waals surface area contributed by atoms with Crippen LogP contribution in [-0.4, -0.2) is 36.4 Å². The van der Waals surface area contributed by atoms with E-state index in [4.69, 9.17) is 10.5 Å². The summed E-state index contributed by atoms with van der Waals surface area (Å²) >= 11 is 0. The Morgan fingerprint density at radius 3 is 2.39 bits per heavy atom. The minimum absolute atomic E-state index is 0.0172. The van der Waals surface area contributed by atoms with Gasteiger partial charge in [0.05, 0.1) is 6.61 Å². The first-order chi connectivity index (χ1) is 13.4. The van der Waals surface area contributed by atoms with Crippen molar-refractivity contribution in [1.29, 1.82) is 0 Å². The number of ether oxygens (including phenoxy) is 1. The highest BCUT2D eigenvalue weighted by molar-refractivity contribution is 5.95. The molecule has 2 aromatic carbocycles. The highest BCUT2D eigenvalue weighted by Crippen LogP contribution is 2.35. The quantitative estimate of drug-likeness (QED) is 0.826. The highest BCUT2D eigenvalue weighted by Gasteiger charge is 2.40. The zero-order valence-electron chi connectivity index (χ0n) is 15.4. The van der Waals surface area contributed by atoms with Crippen molar-refractivity contribution in [2.24, 2.45) is 11.1 Å². The third-order valence-electron chi connectivity index (χ3n) is 4.96. The molecule has 5 nitrogen and oxygen atoms in total. The second-order valence-electron chi connectivity index (χ2n) is 7.17. The molecule has 0 saturated carbocycles. The zero-order chi connectivity index (χ0) is 20.1. The van der Waals surface area contributed by atoms with E-state index in [1.165, 1.54) is 11.0 Å². The highest BCUT2D eigenvalue weighted by atomic mass is 19.1. The fourth-order valence-corrected chi connectivity index (χ4v) is 3.68. The van der Waals surface area contributed by atoms with Crippen LogP contribution in [0.1, 0.15) is 29.6 Å². The van der Waals surface area contributed by atoms with Crippen molar-refractivity contribution in [2.75, 3.05) is 19.7 Å². The van der Waals surface area contributed by atoms with E-state index >= 15 is 0 Å². The van der Waals surface area contributed by atoms with Gasteiger partial charge in [0.15, 0.2) is 0 Å². The number of carbonyl (C=O) groups is 2. The van der Waals surface area contributed by atoms with E-state index in [1.807, 2.05) is 18.2 Å². The Labute approximate surface area is 162 Å². The lowest BCUT2D eigenvalue weighted by Crippen LogP contribution is -2.50. The van der Waals surface area contributed by atoms with E-state index in [1.54, 1.807) is 12.1 Å². The average Bonchev–Trinajstić information content (AvgIpc) is 2.67. The van der Waals surface area contributed by atoms with Gasteiger partial charge in [-0.1, -0.05) is 24.3 Å². The van der Waals surface area contributed by atoms with Gasteiger partial charge in [-0.15, -0.1) is 0 Å². The first kappa shape index (κ1) is 19.8. The molecule has 1 unspecified atom stereocenters. The Morgan fingerprint density at radius 1 is 1.07 bits per heavy atom. The second-order valence-corrected chi connectivity index (χ2v) is 7.17. The number of carbonyl (C=O) groups excluding carboxylic acids is 2. The Hall–Kier alpha value is -2.96. The van der Waals surface area contributed by atoms with Crippen molar-refractivity contribution in [2.45, 2.75) is 19.3 Å². The molecule has 0 aliphatic carbocycles. The number of halogens is 2. The van der Waals surface area contributed by atoms with Crippen molar-refractivity contribution >= 4 is 11.8 Å². The molecule has 1 aliphatic rings. The number of nitrogens with two attached hydrogens (primary N) is 1. The van der Waals surface area contributed by atoms with Gasteiger partial charge in [-0.3, -0.25) is 9.59 Å². The Morgan fingerprint density at radius 2 is 1.75 bits per heavy atom. The van der Waals surface area contributed by atoms with Crippen LogP contribution in [0.15, 0.2) is 48.5 Å². The lowest BCUT2D eigenvalue weighted by molar-refractivity contribution is -0.122. The van der Waals surface area contributed by atoms with Crippen LogP contribution in [0.25, 0.3) is 0 Å². The summed E-state index contributed by atoms with van der Waals surface area (Å²) in [4.78, 5) is 25.8. The number of benzene rings is 2. The summed E-state index contributed by atoms with van der Waals surface area (Å²) in [5, 5.41) is 0. The van der Waals surface area contributed by atoms with E-state index < -0.39 is 34.4 Å². The van der Waals surface area contributed by atoms with Crippen LogP contribution >= 0.6 is 0 Å². The molecule has 1 aliphatic heterocycles. The number of likely N-dealkylation sites (tertiary alicyclic amines) is 1. The van der Waals surface area contributed by atoms with Crippen LogP contribution in [0, 0.1) is 17.0 Å². The number of para-hydroxylation sites is 1. The molecule has 0 spiro atoms. The molecule has 28 heavy (non-hydrogen) atoms. The van der Waals surface area contributed by atoms with Gasteiger partial charge in [-0.05, 0) is 37.1 Å². The maximum atomic E-state index is 14.0. The zero-order valence-corrected chi connectivity index (χ0v) is 15.4. The molecule has 0 aromatic heterocycles. The molecule has 2 amide bonds. The van der Waals surface area contributed by atoms with Crippen molar-refractivity contribution in [3.05, 3.63) is 65.7 Å². The third kappa shape index (κ3) is 4.47. The van der Waals surface area contributed by atoms with Crippen LogP contribution in [0.5, 0.6) is 5.75 Å². The van der Waals surface area contributed by atoms with Gasteiger partial charge in [0.1, 0.15) is 22.9 Å². The average molecular weight is 388 g/mol. The predicted octanol–water partition coefficient (Wildman–Crippen LogP) is 3.14. The lowest BCUT2D eigenvalue weighted by Gasteiger charge is -2.42. The standard InChI is InChI=1S/C21H22F2N2O3/c22-16-8-4-9-17(23)19(16)20(27)25-11-5-10-21(13-25,12-18(24)26)14-28-15-6-2-1-3-7-15/h1-4,6-9H,5,10-14H2,(H2,24,26). The topological polar surface area (TPSA) is 72.6 Å². The molecule has 0 radical (unpaired) electrons. The van der Waals surface area contributed by atoms with E-state index in [0.717, 1.165) is 12.1 Å². The summed E-state index contributed by atoms with van der Waals surface area (Å²) in [7, 11) is 0. The summed E-state index contributed by atoms with van der Waals surface area (Å²) in [6.45, 7) is 0.650. The van der Waals surface area contributed by atoms with Gasteiger partial charge in [0.25, 0.3) is 5.91 Å². The molecule has 148 valence electrons. The molecule has 1 atom stereocenters. The van der Waals surface area contributed by atoms with Crippen LogP contribution < -0.4 is 10.5 Å². The summed E-state index contributed by atoms with van der Waals surface area (Å²) in [5.74, 6) is -2.42. The maximum Gasteiger partial charge on any atom is 0.259 e. The van der Waals surface area contributed by atoms with Gasteiger partial charge < -0.3 is 15.4 Å². The van der Waals surface area contributed by atoms with Crippen LogP contribution in [0.2, 0.25) is 0 Å². The van der Waals surface area contributed by atoms with Gasteiger partial charge in [0, 0.05) is 24.9 Å². The molecular weight excluding hydrogens is 366 g/mol. The first-order valence-electron chi connectivity index (χ1n) is 9.10.